The van der Waals surface area contributed by atoms with Gasteiger partial charge in [0.2, 0.25) is 5.91 Å². The van der Waals surface area contributed by atoms with Crippen molar-refractivity contribution < 1.29 is 19.1 Å². The molecule has 0 aliphatic carbocycles. The van der Waals surface area contributed by atoms with Crippen LogP contribution in [0, 0.1) is 0 Å². The molecule has 180 valence electrons. The number of fused-ring (bicyclic) bond motifs is 1. The average molecular weight is 479 g/mol. The highest BCUT2D eigenvalue weighted by Crippen LogP contribution is 2.30. The summed E-state index contributed by atoms with van der Waals surface area (Å²) in [5.74, 6) is 0.575. The third-order valence-electron chi connectivity index (χ3n) is 6.00. The molecule has 6 heteroatoms. The lowest BCUT2D eigenvalue weighted by Crippen LogP contribution is -2.40. The Morgan fingerprint density at radius 3 is 1.97 bits per heavy atom. The minimum absolute atomic E-state index is 0.140. The molecule has 4 aromatic carbocycles. The normalized spacial score (nSPS) is 14.2. The monoisotopic (exact) mass is 478 g/mol. The molecular formula is C30H26N2O4. The number of anilines is 1. The number of hydrogen-bond donors (Lipinski definition) is 2. The van der Waals surface area contributed by atoms with Crippen LogP contribution < -0.4 is 20.1 Å². The van der Waals surface area contributed by atoms with Gasteiger partial charge in [0, 0.05) is 11.3 Å². The molecular weight excluding hydrogens is 452 g/mol. The Morgan fingerprint density at radius 2 is 1.33 bits per heavy atom. The van der Waals surface area contributed by atoms with E-state index >= 15 is 0 Å². The third-order valence-corrected chi connectivity index (χ3v) is 6.00. The Morgan fingerprint density at radius 1 is 0.750 bits per heavy atom. The largest absolute Gasteiger partial charge is 0.486 e. The molecule has 0 spiro atoms. The van der Waals surface area contributed by atoms with E-state index in [-0.39, 0.29) is 17.9 Å². The molecule has 1 heterocycles. The molecule has 0 bridgehead atoms. The van der Waals surface area contributed by atoms with Crippen LogP contribution >= 0.6 is 0 Å². The summed E-state index contributed by atoms with van der Waals surface area (Å²) in [6.45, 7) is 0.688. The Hall–Kier alpha value is -4.58. The van der Waals surface area contributed by atoms with E-state index in [0.29, 0.717) is 35.9 Å². The average Bonchev–Trinajstić information content (AvgIpc) is 2.93. The lowest BCUT2D eigenvalue weighted by Gasteiger charge is -2.26. The van der Waals surface area contributed by atoms with E-state index in [4.69, 9.17) is 9.47 Å². The van der Waals surface area contributed by atoms with Crippen molar-refractivity contribution in [3.63, 3.8) is 0 Å². The standard InChI is InChI=1S/C30H26N2O4/c33-29(31-19-25-20-35-26-13-7-8-14-27(26)36-25)23-15-17-24(18-16-23)32-30(34)28(21-9-3-1-4-10-21)22-11-5-2-6-12-22/h1-18,25,28H,19-20H2,(H,31,33)(H,32,34)/t25-/m1/s1. The fourth-order valence-electron chi connectivity index (χ4n) is 4.18. The molecule has 0 fully saturated rings. The van der Waals surface area contributed by atoms with Gasteiger partial charge < -0.3 is 20.1 Å². The Labute approximate surface area is 209 Å². The van der Waals surface area contributed by atoms with Gasteiger partial charge in [-0.05, 0) is 47.5 Å². The summed E-state index contributed by atoms with van der Waals surface area (Å²) in [4.78, 5) is 25.9. The van der Waals surface area contributed by atoms with Gasteiger partial charge in [-0.25, -0.2) is 0 Å². The minimum atomic E-state index is -0.446. The van der Waals surface area contributed by atoms with E-state index in [1.54, 1.807) is 24.3 Å². The topological polar surface area (TPSA) is 76.7 Å². The second-order valence-corrected chi connectivity index (χ2v) is 8.53. The Bertz CT molecular complexity index is 1280. The van der Waals surface area contributed by atoms with Crippen LogP contribution in [0.2, 0.25) is 0 Å². The smallest absolute Gasteiger partial charge is 0.251 e. The van der Waals surface area contributed by atoms with E-state index in [2.05, 4.69) is 10.6 Å². The number of benzene rings is 4. The van der Waals surface area contributed by atoms with Crippen molar-refractivity contribution in [1.29, 1.82) is 0 Å². The zero-order chi connectivity index (χ0) is 24.7. The number of para-hydroxylation sites is 2. The highest BCUT2D eigenvalue weighted by atomic mass is 16.6. The SMILES string of the molecule is O=C(NC[C@@H]1COc2ccccc2O1)c1ccc(NC(=O)C(c2ccccc2)c2ccccc2)cc1. The molecule has 0 unspecified atom stereocenters. The van der Waals surface area contributed by atoms with Gasteiger partial charge in [-0.2, -0.15) is 0 Å². The zero-order valence-electron chi connectivity index (χ0n) is 19.6. The summed E-state index contributed by atoms with van der Waals surface area (Å²) < 4.78 is 11.6. The predicted octanol–water partition coefficient (Wildman–Crippen LogP) is 5.03. The van der Waals surface area contributed by atoms with Crippen LogP contribution in [-0.2, 0) is 4.79 Å². The van der Waals surface area contributed by atoms with E-state index in [1.165, 1.54) is 0 Å². The van der Waals surface area contributed by atoms with Crippen molar-refractivity contribution in [2.75, 3.05) is 18.5 Å². The van der Waals surface area contributed by atoms with Gasteiger partial charge >= 0.3 is 0 Å². The fraction of sp³-hybridized carbons (Fsp3) is 0.133. The van der Waals surface area contributed by atoms with E-state index in [0.717, 1.165) is 11.1 Å². The quantitative estimate of drug-likeness (QED) is 0.391. The zero-order valence-corrected chi connectivity index (χ0v) is 19.6. The maximum Gasteiger partial charge on any atom is 0.251 e. The number of ether oxygens (including phenoxy) is 2. The molecule has 2 amide bonds. The van der Waals surface area contributed by atoms with Gasteiger partial charge in [0.25, 0.3) is 5.91 Å². The molecule has 0 saturated heterocycles. The first-order chi connectivity index (χ1) is 17.7. The molecule has 1 atom stereocenters. The summed E-state index contributed by atoms with van der Waals surface area (Å²) in [6.07, 6.45) is -0.268. The Balaban J connectivity index is 1.20. The molecule has 6 nitrogen and oxygen atoms in total. The third kappa shape index (κ3) is 5.39. The number of rotatable bonds is 7. The number of carbonyl (C=O) groups excluding carboxylic acids is 2. The lowest BCUT2D eigenvalue weighted by atomic mass is 9.90. The van der Waals surface area contributed by atoms with Crippen LogP contribution in [0.5, 0.6) is 11.5 Å². The van der Waals surface area contributed by atoms with Crippen LogP contribution in [0.3, 0.4) is 0 Å². The molecule has 4 aromatic rings. The number of carbonyl (C=O) groups is 2. The predicted molar refractivity (Wildman–Crippen MR) is 138 cm³/mol. The maximum absolute atomic E-state index is 13.3. The second kappa shape index (κ2) is 10.8. The van der Waals surface area contributed by atoms with E-state index < -0.39 is 5.92 Å². The fourth-order valence-corrected chi connectivity index (χ4v) is 4.18. The summed E-state index contributed by atoms with van der Waals surface area (Å²) >= 11 is 0. The first-order valence-electron chi connectivity index (χ1n) is 11.8. The molecule has 0 saturated carbocycles. The first-order valence-corrected chi connectivity index (χ1v) is 11.8. The Kier molecular flexibility index (Phi) is 6.94. The highest BCUT2D eigenvalue weighted by Gasteiger charge is 2.23. The van der Waals surface area contributed by atoms with Gasteiger partial charge in [-0.15, -0.1) is 0 Å². The van der Waals surface area contributed by atoms with Crippen LogP contribution in [0.25, 0.3) is 0 Å². The molecule has 5 rings (SSSR count). The molecule has 0 radical (unpaired) electrons. The number of hydrogen-bond acceptors (Lipinski definition) is 4. The minimum Gasteiger partial charge on any atom is -0.486 e. The summed E-state index contributed by atoms with van der Waals surface area (Å²) in [5, 5.41) is 5.88. The summed E-state index contributed by atoms with van der Waals surface area (Å²) in [5.41, 5.74) is 2.93. The molecule has 36 heavy (non-hydrogen) atoms. The van der Waals surface area contributed by atoms with Gasteiger partial charge in [0.15, 0.2) is 11.5 Å². The maximum atomic E-state index is 13.3. The van der Waals surface area contributed by atoms with Crippen molar-refractivity contribution in [2.45, 2.75) is 12.0 Å². The van der Waals surface area contributed by atoms with Gasteiger partial charge in [0.1, 0.15) is 12.7 Å². The second-order valence-electron chi connectivity index (χ2n) is 8.53. The van der Waals surface area contributed by atoms with Crippen LogP contribution in [0.15, 0.2) is 109 Å². The van der Waals surface area contributed by atoms with E-state index in [1.807, 2.05) is 84.9 Å². The van der Waals surface area contributed by atoms with Crippen molar-refractivity contribution >= 4 is 17.5 Å². The highest BCUT2D eigenvalue weighted by molar-refractivity contribution is 5.99. The van der Waals surface area contributed by atoms with Gasteiger partial charge in [-0.1, -0.05) is 72.8 Å². The summed E-state index contributed by atoms with van der Waals surface area (Å²) in [7, 11) is 0. The molecule has 1 aliphatic heterocycles. The number of amides is 2. The number of nitrogens with one attached hydrogen (secondary N) is 2. The van der Waals surface area contributed by atoms with Crippen LogP contribution in [-0.4, -0.2) is 31.1 Å². The van der Waals surface area contributed by atoms with Crippen LogP contribution in [0.4, 0.5) is 5.69 Å². The molecule has 2 N–H and O–H groups in total. The van der Waals surface area contributed by atoms with Gasteiger partial charge in [0.05, 0.1) is 12.5 Å². The van der Waals surface area contributed by atoms with Gasteiger partial charge in [-0.3, -0.25) is 9.59 Å². The molecule has 1 aliphatic rings. The van der Waals surface area contributed by atoms with Crippen molar-refractivity contribution in [3.8, 4) is 11.5 Å². The van der Waals surface area contributed by atoms with E-state index in [9.17, 15) is 9.59 Å². The van der Waals surface area contributed by atoms with Crippen molar-refractivity contribution in [2.24, 2.45) is 0 Å². The first kappa shape index (κ1) is 23.2. The lowest BCUT2D eigenvalue weighted by molar-refractivity contribution is -0.116. The van der Waals surface area contributed by atoms with Crippen molar-refractivity contribution in [3.05, 3.63) is 126 Å². The molecule has 0 aromatic heterocycles. The van der Waals surface area contributed by atoms with Crippen LogP contribution in [0.1, 0.15) is 27.4 Å². The summed E-state index contributed by atoms with van der Waals surface area (Å²) in [6, 6.07) is 33.7. The van der Waals surface area contributed by atoms with Crippen molar-refractivity contribution in [1.82, 2.24) is 5.32 Å².